The molecule has 0 unspecified atom stereocenters. The lowest BCUT2D eigenvalue weighted by Crippen LogP contribution is -2.09. The molecule has 0 amide bonds. The predicted molar refractivity (Wildman–Crippen MR) is 48.5 cm³/mol. The van der Waals surface area contributed by atoms with Crippen LogP contribution in [0.25, 0.3) is 0 Å². The van der Waals surface area contributed by atoms with Gasteiger partial charge in [0, 0.05) is 13.6 Å². The fraction of sp³-hybridized carbons (Fsp3) is 0.714. The van der Waals surface area contributed by atoms with E-state index >= 15 is 0 Å². The maximum Gasteiger partial charge on any atom is 0.265 e. The van der Waals surface area contributed by atoms with Gasteiger partial charge in [0.05, 0.1) is 5.75 Å². The Morgan fingerprint density at radius 3 is 2.50 bits per heavy atom. The first-order valence-electron chi connectivity index (χ1n) is 3.77. The Morgan fingerprint density at radius 2 is 2.08 bits per heavy atom. The van der Waals surface area contributed by atoms with Crippen LogP contribution in [0, 0.1) is 0 Å². The van der Waals surface area contributed by atoms with Crippen LogP contribution in [0.1, 0.15) is 13.3 Å². The second kappa shape index (κ2) is 5.16. The molecular weight excluding hydrogens is 178 g/mol. The molecule has 0 atom stereocenters. The first-order chi connectivity index (χ1) is 5.45. The number of nitrogens with zero attached hydrogens (tertiary/aromatic N) is 1. The fourth-order valence-corrected chi connectivity index (χ4v) is 1.01. The molecule has 0 aromatic carbocycles. The lowest BCUT2D eigenvalue weighted by atomic mass is 10.4. The van der Waals surface area contributed by atoms with Gasteiger partial charge < -0.3 is 4.90 Å². The number of hydrogen-bond acceptors (Lipinski definition) is 3. The van der Waals surface area contributed by atoms with Crippen LogP contribution in [-0.2, 0) is 10.1 Å². The summed E-state index contributed by atoms with van der Waals surface area (Å²) in [6.45, 7) is 2.87. The standard InChI is InChI=1S/C7H15NO3S/c1-3-8(2)6-4-5-7-12(9,10)11/h4,6H,3,5,7H2,1-2H3,(H,9,10,11). The summed E-state index contributed by atoms with van der Waals surface area (Å²) in [6, 6.07) is 0. The SMILES string of the molecule is CCN(C)C=CCCS(=O)(=O)O. The average Bonchev–Trinajstić information content (AvgIpc) is 1.96. The van der Waals surface area contributed by atoms with E-state index in [0.29, 0.717) is 6.42 Å². The fourth-order valence-electron chi connectivity index (χ4n) is 0.577. The molecule has 5 heteroatoms. The first kappa shape index (κ1) is 11.4. The highest BCUT2D eigenvalue weighted by Crippen LogP contribution is 1.91. The summed E-state index contributed by atoms with van der Waals surface area (Å²) >= 11 is 0. The maximum atomic E-state index is 10.3. The first-order valence-corrected chi connectivity index (χ1v) is 5.38. The van der Waals surface area contributed by atoms with Gasteiger partial charge in [0.2, 0.25) is 0 Å². The topological polar surface area (TPSA) is 57.6 Å². The van der Waals surface area contributed by atoms with Crippen molar-refractivity contribution in [2.45, 2.75) is 13.3 Å². The van der Waals surface area contributed by atoms with Crippen molar-refractivity contribution in [3.05, 3.63) is 12.3 Å². The van der Waals surface area contributed by atoms with Crippen LogP contribution >= 0.6 is 0 Å². The molecule has 1 N–H and O–H groups in total. The molecule has 0 fully saturated rings. The number of rotatable bonds is 5. The van der Waals surface area contributed by atoms with Crippen molar-refractivity contribution in [2.24, 2.45) is 0 Å². The van der Waals surface area contributed by atoms with Gasteiger partial charge in [-0.2, -0.15) is 8.42 Å². The van der Waals surface area contributed by atoms with E-state index in [1.807, 2.05) is 18.9 Å². The van der Waals surface area contributed by atoms with Crippen molar-refractivity contribution in [1.82, 2.24) is 4.90 Å². The number of allylic oxidation sites excluding steroid dienone is 1. The number of hydrogen-bond donors (Lipinski definition) is 1. The molecule has 4 nitrogen and oxygen atoms in total. The Labute approximate surface area is 73.6 Å². The minimum Gasteiger partial charge on any atom is -0.381 e. The zero-order valence-electron chi connectivity index (χ0n) is 7.40. The third-order valence-corrected chi connectivity index (χ3v) is 2.15. The molecular formula is C7H15NO3S. The lowest BCUT2D eigenvalue weighted by molar-refractivity contribution is 0.478. The second-order valence-electron chi connectivity index (χ2n) is 2.53. The second-order valence-corrected chi connectivity index (χ2v) is 4.10. The lowest BCUT2D eigenvalue weighted by Gasteiger charge is -2.08. The molecule has 0 radical (unpaired) electrons. The maximum absolute atomic E-state index is 10.3. The van der Waals surface area contributed by atoms with Gasteiger partial charge in [0.15, 0.2) is 0 Å². The van der Waals surface area contributed by atoms with Crippen LogP contribution < -0.4 is 0 Å². The van der Waals surface area contributed by atoms with Gasteiger partial charge in [-0.1, -0.05) is 6.08 Å². The summed E-state index contributed by atoms with van der Waals surface area (Å²) in [4.78, 5) is 1.92. The van der Waals surface area contributed by atoms with E-state index in [4.69, 9.17) is 4.55 Å². The molecule has 0 aliphatic rings. The van der Waals surface area contributed by atoms with E-state index in [9.17, 15) is 8.42 Å². The summed E-state index contributed by atoms with van der Waals surface area (Å²) in [5.41, 5.74) is 0. The molecule has 12 heavy (non-hydrogen) atoms. The van der Waals surface area contributed by atoms with Crippen LogP contribution in [0.3, 0.4) is 0 Å². The molecule has 0 spiro atoms. The Balaban J connectivity index is 3.63. The van der Waals surface area contributed by atoms with Crippen LogP contribution in [0.15, 0.2) is 12.3 Å². The Kier molecular flexibility index (Phi) is 4.92. The smallest absolute Gasteiger partial charge is 0.265 e. The molecule has 0 aliphatic carbocycles. The van der Waals surface area contributed by atoms with Crippen molar-refractivity contribution >= 4 is 10.1 Å². The Hall–Kier alpha value is -0.550. The van der Waals surface area contributed by atoms with E-state index in [0.717, 1.165) is 6.54 Å². The molecule has 0 aliphatic heterocycles. The van der Waals surface area contributed by atoms with Crippen LogP contribution in [0.2, 0.25) is 0 Å². The van der Waals surface area contributed by atoms with Crippen molar-refractivity contribution in [2.75, 3.05) is 19.3 Å². The zero-order chi connectivity index (χ0) is 9.61. The van der Waals surface area contributed by atoms with E-state index < -0.39 is 10.1 Å². The third kappa shape index (κ3) is 7.56. The van der Waals surface area contributed by atoms with Gasteiger partial charge >= 0.3 is 0 Å². The zero-order valence-corrected chi connectivity index (χ0v) is 8.21. The normalized spacial score (nSPS) is 12.2. The van der Waals surface area contributed by atoms with Crippen molar-refractivity contribution in [1.29, 1.82) is 0 Å². The highest BCUT2D eigenvalue weighted by atomic mass is 32.2. The third-order valence-electron chi connectivity index (χ3n) is 1.40. The van der Waals surface area contributed by atoms with Crippen molar-refractivity contribution < 1.29 is 13.0 Å². The minimum absolute atomic E-state index is 0.207. The van der Waals surface area contributed by atoms with E-state index in [2.05, 4.69) is 0 Å². The van der Waals surface area contributed by atoms with Gasteiger partial charge in [0.1, 0.15) is 0 Å². The molecule has 0 aromatic heterocycles. The van der Waals surface area contributed by atoms with E-state index in [-0.39, 0.29) is 5.75 Å². The van der Waals surface area contributed by atoms with Crippen LogP contribution in [0.5, 0.6) is 0 Å². The van der Waals surface area contributed by atoms with Crippen molar-refractivity contribution in [3.63, 3.8) is 0 Å². The molecule has 0 bridgehead atoms. The van der Waals surface area contributed by atoms with Crippen LogP contribution in [0.4, 0.5) is 0 Å². The minimum atomic E-state index is -3.80. The summed E-state index contributed by atoms with van der Waals surface area (Å²) in [6.07, 6.45) is 3.87. The van der Waals surface area contributed by atoms with Crippen molar-refractivity contribution in [3.8, 4) is 0 Å². The van der Waals surface area contributed by atoms with Gasteiger partial charge in [-0.3, -0.25) is 4.55 Å². The average molecular weight is 193 g/mol. The van der Waals surface area contributed by atoms with Gasteiger partial charge in [-0.25, -0.2) is 0 Å². The molecule has 0 saturated carbocycles. The Bertz CT molecular complexity index is 233. The summed E-state index contributed by atoms with van der Waals surface area (Å²) in [5, 5.41) is 0. The monoisotopic (exact) mass is 193 g/mol. The Morgan fingerprint density at radius 1 is 1.50 bits per heavy atom. The largest absolute Gasteiger partial charge is 0.381 e. The molecule has 0 rings (SSSR count). The van der Waals surface area contributed by atoms with Gasteiger partial charge in [-0.15, -0.1) is 0 Å². The highest BCUT2D eigenvalue weighted by Gasteiger charge is 2.00. The highest BCUT2D eigenvalue weighted by molar-refractivity contribution is 7.85. The van der Waals surface area contributed by atoms with E-state index in [1.54, 1.807) is 12.3 Å². The molecule has 0 heterocycles. The van der Waals surface area contributed by atoms with E-state index in [1.165, 1.54) is 0 Å². The predicted octanol–water partition coefficient (Wildman–Crippen LogP) is 0.730. The molecule has 0 saturated heterocycles. The summed E-state index contributed by atoms with van der Waals surface area (Å²) < 4.78 is 28.9. The van der Waals surface area contributed by atoms with Crippen LogP contribution in [-0.4, -0.2) is 37.2 Å². The summed E-state index contributed by atoms with van der Waals surface area (Å²) in [5.74, 6) is -0.207. The molecule has 72 valence electrons. The summed E-state index contributed by atoms with van der Waals surface area (Å²) in [7, 11) is -1.91. The van der Waals surface area contributed by atoms with Gasteiger partial charge in [-0.05, 0) is 19.5 Å². The molecule has 0 aromatic rings. The van der Waals surface area contributed by atoms with Gasteiger partial charge in [0.25, 0.3) is 10.1 Å². The quantitative estimate of drug-likeness (QED) is 0.654.